The van der Waals surface area contributed by atoms with Gasteiger partial charge in [-0.25, -0.2) is 14.4 Å². The second kappa shape index (κ2) is 8.89. The summed E-state index contributed by atoms with van der Waals surface area (Å²) >= 11 is 0. The van der Waals surface area contributed by atoms with Gasteiger partial charge in [-0.05, 0) is 30.2 Å². The molecule has 0 aliphatic carbocycles. The van der Waals surface area contributed by atoms with E-state index in [1.165, 1.54) is 30.1 Å². The monoisotopic (exact) mass is 364 g/mol. The number of hydrogen-bond donors (Lipinski definition) is 1. The Kier molecular flexibility index (Phi) is 6.10. The van der Waals surface area contributed by atoms with Gasteiger partial charge in [0.2, 0.25) is 5.95 Å². The molecule has 0 saturated heterocycles. The zero-order chi connectivity index (χ0) is 19.1. The molecular weight excluding hydrogens is 343 g/mol. The highest BCUT2D eigenvalue weighted by Crippen LogP contribution is 2.12. The topological polar surface area (TPSA) is 58.1 Å². The number of aromatic nitrogens is 2. The summed E-state index contributed by atoms with van der Waals surface area (Å²) in [7, 11) is 0. The lowest BCUT2D eigenvalue weighted by Crippen LogP contribution is -2.26. The predicted octanol–water partition coefficient (Wildman–Crippen LogP) is 3.57. The Morgan fingerprint density at radius 2 is 1.67 bits per heavy atom. The van der Waals surface area contributed by atoms with Crippen LogP contribution in [0, 0.1) is 5.82 Å². The van der Waals surface area contributed by atoms with Crippen LogP contribution < -0.4 is 10.2 Å². The van der Waals surface area contributed by atoms with Gasteiger partial charge in [0.1, 0.15) is 5.82 Å². The lowest BCUT2D eigenvalue weighted by Gasteiger charge is -2.20. The molecule has 27 heavy (non-hydrogen) atoms. The summed E-state index contributed by atoms with van der Waals surface area (Å²) in [6.45, 7) is 3.81. The molecule has 0 saturated carbocycles. The molecule has 1 amide bonds. The number of carbonyl (C=O) groups excluding carboxylic acids is 1. The molecule has 0 spiro atoms. The quantitative estimate of drug-likeness (QED) is 0.696. The third-order valence-corrected chi connectivity index (χ3v) is 4.15. The first kappa shape index (κ1) is 18.5. The molecule has 1 aromatic heterocycles. The summed E-state index contributed by atoms with van der Waals surface area (Å²) in [6.07, 6.45) is 3.05. The van der Waals surface area contributed by atoms with E-state index >= 15 is 0 Å². The molecule has 0 atom stereocenters. The van der Waals surface area contributed by atoms with E-state index < -0.39 is 0 Å². The predicted molar refractivity (Wildman–Crippen MR) is 103 cm³/mol. The first-order valence-corrected chi connectivity index (χ1v) is 8.79. The second-order valence-corrected chi connectivity index (χ2v) is 6.08. The first-order chi connectivity index (χ1) is 13.2. The summed E-state index contributed by atoms with van der Waals surface area (Å²) in [5, 5.41) is 2.78. The fourth-order valence-electron chi connectivity index (χ4n) is 2.62. The maximum Gasteiger partial charge on any atom is 0.254 e. The van der Waals surface area contributed by atoms with Gasteiger partial charge in [-0.3, -0.25) is 4.79 Å². The molecule has 138 valence electrons. The minimum absolute atomic E-state index is 0.267. The van der Waals surface area contributed by atoms with Gasteiger partial charge < -0.3 is 10.2 Å². The van der Waals surface area contributed by atoms with Crippen LogP contribution in [0.15, 0.2) is 67.0 Å². The molecule has 3 aromatic rings. The van der Waals surface area contributed by atoms with Crippen molar-refractivity contribution in [2.75, 3.05) is 11.4 Å². The summed E-state index contributed by atoms with van der Waals surface area (Å²) in [4.78, 5) is 23.0. The van der Waals surface area contributed by atoms with Gasteiger partial charge in [0, 0.05) is 32.0 Å². The molecule has 0 bridgehead atoms. The summed E-state index contributed by atoms with van der Waals surface area (Å²) in [6, 6.07) is 16.1. The third-order valence-electron chi connectivity index (χ3n) is 4.15. The van der Waals surface area contributed by atoms with E-state index in [0.717, 1.165) is 12.1 Å². The summed E-state index contributed by atoms with van der Waals surface area (Å²) in [5.74, 6) is 0.0125. The second-order valence-electron chi connectivity index (χ2n) is 6.08. The number of nitrogens with one attached hydrogen (secondary N) is 1. The highest BCUT2D eigenvalue weighted by Gasteiger charge is 2.11. The zero-order valence-electron chi connectivity index (χ0n) is 15.1. The Balaban J connectivity index is 1.61. The standard InChI is InChI=1S/C21H21FN4O/c1-2-26(15-17-6-4-3-5-7-17)21-24-13-18(14-25-21)20(27)23-12-16-8-10-19(22)11-9-16/h3-11,13-14H,2,12,15H2,1H3,(H,23,27). The van der Waals surface area contributed by atoms with Gasteiger partial charge in [-0.1, -0.05) is 42.5 Å². The maximum absolute atomic E-state index is 12.9. The van der Waals surface area contributed by atoms with E-state index in [9.17, 15) is 9.18 Å². The SMILES string of the molecule is CCN(Cc1ccccc1)c1ncc(C(=O)NCc2ccc(F)cc2)cn1. The largest absolute Gasteiger partial charge is 0.348 e. The van der Waals surface area contributed by atoms with Crippen LogP contribution in [0.25, 0.3) is 0 Å². The van der Waals surface area contributed by atoms with E-state index in [1.54, 1.807) is 12.1 Å². The average Bonchev–Trinajstić information content (AvgIpc) is 2.72. The van der Waals surface area contributed by atoms with Crippen molar-refractivity contribution < 1.29 is 9.18 Å². The minimum atomic E-state index is -0.301. The van der Waals surface area contributed by atoms with E-state index in [4.69, 9.17) is 0 Å². The molecule has 0 unspecified atom stereocenters. The lowest BCUT2D eigenvalue weighted by molar-refractivity contribution is 0.0950. The molecule has 3 rings (SSSR count). The molecule has 1 N–H and O–H groups in total. The van der Waals surface area contributed by atoms with Crippen LogP contribution in [-0.4, -0.2) is 22.4 Å². The van der Waals surface area contributed by atoms with Crippen molar-refractivity contribution in [3.63, 3.8) is 0 Å². The van der Waals surface area contributed by atoms with Crippen LogP contribution in [-0.2, 0) is 13.1 Å². The van der Waals surface area contributed by atoms with Gasteiger partial charge in [-0.15, -0.1) is 0 Å². The number of rotatable bonds is 7. The van der Waals surface area contributed by atoms with E-state index in [2.05, 4.69) is 27.4 Å². The number of hydrogen-bond acceptors (Lipinski definition) is 4. The van der Waals surface area contributed by atoms with Crippen molar-refractivity contribution in [3.05, 3.63) is 89.5 Å². The van der Waals surface area contributed by atoms with Crippen LogP contribution in [0.2, 0.25) is 0 Å². The Labute approximate surface area is 157 Å². The number of halogens is 1. The van der Waals surface area contributed by atoms with Crippen molar-refractivity contribution >= 4 is 11.9 Å². The molecule has 0 aliphatic rings. The number of anilines is 1. The van der Waals surface area contributed by atoms with Gasteiger partial charge in [0.25, 0.3) is 5.91 Å². The van der Waals surface area contributed by atoms with E-state index in [-0.39, 0.29) is 11.7 Å². The van der Waals surface area contributed by atoms with Crippen molar-refractivity contribution in [2.45, 2.75) is 20.0 Å². The number of benzene rings is 2. The van der Waals surface area contributed by atoms with Crippen LogP contribution in [0.4, 0.5) is 10.3 Å². The summed E-state index contributed by atoms with van der Waals surface area (Å²) < 4.78 is 12.9. The highest BCUT2D eigenvalue weighted by atomic mass is 19.1. The zero-order valence-corrected chi connectivity index (χ0v) is 15.1. The third kappa shape index (κ3) is 5.10. The minimum Gasteiger partial charge on any atom is -0.348 e. The molecule has 0 fully saturated rings. The normalized spacial score (nSPS) is 10.4. The van der Waals surface area contributed by atoms with Gasteiger partial charge >= 0.3 is 0 Å². The fourth-order valence-corrected chi connectivity index (χ4v) is 2.62. The number of nitrogens with zero attached hydrogens (tertiary/aromatic N) is 3. The average molecular weight is 364 g/mol. The van der Waals surface area contributed by atoms with Crippen molar-refractivity contribution in [1.29, 1.82) is 0 Å². The van der Waals surface area contributed by atoms with E-state index in [1.807, 2.05) is 30.0 Å². The molecule has 5 nitrogen and oxygen atoms in total. The number of amides is 1. The van der Waals surface area contributed by atoms with Crippen molar-refractivity contribution in [3.8, 4) is 0 Å². The molecule has 1 heterocycles. The van der Waals surface area contributed by atoms with Crippen molar-refractivity contribution in [2.24, 2.45) is 0 Å². The van der Waals surface area contributed by atoms with Crippen LogP contribution in [0.1, 0.15) is 28.4 Å². The Morgan fingerprint density at radius 3 is 2.30 bits per heavy atom. The van der Waals surface area contributed by atoms with Gasteiger partial charge in [0.05, 0.1) is 5.56 Å². The smallest absolute Gasteiger partial charge is 0.254 e. The molecule has 6 heteroatoms. The van der Waals surface area contributed by atoms with Gasteiger partial charge in [-0.2, -0.15) is 0 Å². The Bertz CT molecular complexity index is 867. The Morgan fingerprint density at radius 1 is 1.00 bits per heavy atom. The van der Waals surface area contributed by atoms with E-state index in [0.29, 0.717) is 24.6 Å². The molecule has 2 aromatic carbocycles. The Hall–Kier alpha value is -3.28. The maximum atomic E-state index is 12.9. The molecule has 0 aliphatic heterocycles. The van der Waals surface area contributed by atoms with Crippen LogP contribution >= 0.6 is 0 Å². The first-order valence-electron chi connectivity index (χ1n) is 8.79. The summed E-state index contributed by atoms with van der Waals surface area (Å²) in [5.41, 5.74) is 2.38. The van der Waals surface area contributed by atoms with Crippen LogP contribution in [0.5, 0.6) is 0 Å². The van der Waals surface area contributed by atoms with Crippen LogP contribution in [0.3, 0.4) is 0 Å². The fraction of sp³-hybridized carbons (Fsp3) is 0.190. The highest BCUT2D eigenvalue weighted by molar-refractivity contribution is 5.93. The van der Waals surface area contributed by atoms with Gasteiger partial charge in [0.15, 0.2) is 0 Å². The number of carbonyl (C=O) groups is 1. The lowest BCUT2D eigenvalue weighted by atomic mass is 10.2. The molecular formula is C21H21FN4O. The molecule has 0 radical (unpaired) electrons. The van der Waals surface area contributed by atoms with Crippen molar-refractivity contribution in [1.82, 2.24) is 15.3 Å².